The quantitative estimate of drug-likeness (QED) is 0.198. The number of unbranched alkanes of at least 4 members (excludes halogenated alkanes) is 8. The van der Waals surface area contributed by atoms with Gasteiger partial charge < -0.3 is 15.3 Å². The minimum Gasteiger partial charge on any atom is -0.396 e. The number of hydrogen-bond donors (Lipinski definition) is 3. The minimum atomic E-state index is -1.19. The van der Waals surface area contributed by atoms with Crippen molar-refractivity contribution in [1.82, 2.24) is 0 Å². The molecule has 0 saturated carbocycles. The molecule has 3 N–H and O–H groups in total. The zero-order valence-electron chi connectivity index (χ0n) is 13.2. The number of aliphatic hydroxyl groups is 3. The molecule has 0 aliphatic heterocycles. The van der Waals surface area contributed by atoms with Gasteiger partial charge in [0.05, 0.1) is 24.9 Å². The van der Waals surface area contributed by atoms with Gasteiger partial charge in [-0.05, 0) is 12.0 Å². The molecule has 0 aromatic heterocycles. The van der Waals surface area contributed by atoms with Crippen LogP contribution in [0.3, 0.4) is 0 Å². The number of aliphatic hydroxyl groups excluding tert-OH is 3. The number of nitrogens with zero attached hydrogens (tertiary/aromatic N) is 3. The second-order valence-electron chi connectivity index (χ2n) is 5.63. The molecule has 0 spiro atoms. The summed E-state index contributed by atoms with van der Waals surface area (Å²) < 4.78 is 0. The van der Waals surface area contributed by atoms with Crippen LogP contribution in [-0.2, 0) is 0 Å². The van der Waals surface area contributed by atoms with Crippen LogP contribution in [0.1, 0.15) is 71.1 Å². The fraction of sp³-hybridized carbons (Fsp3) is 1.00. The van der Waals surface area contributed by atoms with Gasteiger partial charge in [-0.1, -0.05) is 69.8 Å². The molecule has 0 aromatic carbocycles. The molecule has 0 unspecified atom stereocenters. The summed E-state index contributed by atoms with van der Waals surface area (Å²) in [6.45, 7) is 1.75. The first-order valence-corrected chi connectivity index (χ1v) is 8.18. The van der Waals surface area contributed by atoms with Crippen molar-refractivity contribution in [3.05, 3.63) is 10.4 Å². The summed E-state index contributed by atoms with van der Waals surface area (Å²) in [7, 11) is 0. The molecule has 0 fully saturated rings. The average Bonchev–Trinajstić information content (AvgIpc) is 2.50. The topological polar surface area (TPSA) is 109 Å². The zero-order valence-corrected chi connectivity index (χ0v) is 13.2. The van der Waals surface area contributed by atoms with E-state index in [2.05, 4.69) is 16.9 Å². The van der Waals surface area contributed by atoms with Crippen LogP contribution < -0.4 is 0 Å². The van der Waals surface area contributed by atoms with E-state index in [1.54, 1.807) is 0 Å². The SMILES string of the molecule is CCCCCCCCCCC[C@@H](O)[C@@H](O)[C@H](CO)N=[N+]=[N-]. The summed E-state index contributed by atoms with van der Waals surface area (Å²) >= 11 is 0. The van der Waals surface area contributed by atoms with Crippen molar-refractivity contribution < 1.29 is 15.3 Å². The van der Waals surface area contributed by atoms with E-state index in [0.717, 1.165) is 19.3 Å². The summed E-state index contributed by atoms with van der Waals surface area (Å²) in [6, 6.07) is -0.969. The van der Waals surface area contributed by atoms with Crippen LogP contribution in [0, 0.1) is 0 Å². The molecule has 3 atom stereocenters. The Morgan fingerprint density at radius 2 is 1.48 bits per heavy atom. The van der Waals surface area contributed by atoms with E-state index in [4.69, 9.17) is 10.6 Å². The Hall–Kier alpha value is -0.810. The molecule has 0 aliphatic carbocycles. The molecule has 0 aliphatic rings. The van der Waals surface area contributed by atoms with Crippen molar-refractivity contribution in [2.45, 2.75) is 89.4 Å². The molecule has 0 aromatic rings. The van der Waals surface area contributed by atoms with E-state index < -0.39 is 24.9 Å². The maximum atomic E-state index is 9.80. The van der Waals surface area contributed by atoms with Gasteiger partial charge in [0, 0.05) is 4.91 Å². The van der Waals surface area contributed by atoms with Crippen LogP contribution >= 0.6 is 0 Å². The van der Waals surface area contributed by atoms with Crippen LogP contribution in [0.25, 0.3) is 10.4 Å². The highest BCUT2D eigenvalue weighted by Gasteiger charge is 2.24. The fourth-order valence-electron chi connectivity index (χ4n) is 2.37. The van der Waals surface area contributed by atoms with E-state index >= 15 is 0 Å². The van der Waals surface area contributed by atoms with E-state index in [0.29, 0.717) is 6.42 Å². The first-order valence-electron chi connectivity index (χ1n) is 8.18. The van der Waals surface area contributed by atoms with Crippen molar-refractivity contribution in [3.8, 4) is 0 Å². The average molecular weight is 301 g/mol. The zero-order chi connectivity index (χ0) is 15.9. The predicted octanol–water partition coefficient (Wildman–Crippen LogP) is 3.30. The highest BCUT2D eigenvalue weighted by Crippen LogP contribution is 2.14. The third-order valence-electron chi connectivity index (χ3n) is 3.78. The van der Waals surface area contributed by atoms with E-state index in [9.17, 15) is 10.2 Å². The third kappa shape index (κ3) is 10.5. The molecule has 6 heteroatoms. The van der Waals surface area contributed by atoms with Crippen LogP contribution in [-0.4, -0.2) is 40.2 Å². The van der Waals surface area contributed by atoms with Gasteiger partial charge in [-0.3, -0.25) is 0 Å². The van der Waals surface area contributed by atoms with Gasteiger partial charge in [0.1, 0.15) is 0 Å². The molecular weight excluding hydrogens is 270 g/mol. The van der Waals surface area contributed by atoms with E-state index in [-0.39, 0.29) is 0 Å². The summed E-state index contributed by atoms with van der Waals surface area (Å²) in [5, 5.41) is 31.8. The van der Waals surface area contributed by atoms with E-state index in [1.165, 1.54) is 38.5 Å². The maximum Gasteiger partial charge on any atom is 0.0905 e. The Morgan fingerprint density at radius 3 is 1.95 bits per heavy atom. The summed E-state index contributed by atoms with van der Waals surface area (Å²) in [6.07, 6.45) is 9.05. The van der Waals surface area contributed by atoms with Crippen molar-refractivity contribution >= 4 is 0 Å². The van der Waals surface area contributed by atoms with E-state index in [1.807, 2.05) is 0 Å². The first-order chi connectivity index (χ1) is 10.2. The third-order valence-corrected chi connectivity index (χ3v) is 3.78. The van der Waals surface area contributed by atoms with Crippen molar-refractivity contribution in [1.29, 1.82) is 0 Å². The van der Waals surface area contributed by atoms with Gasteiger partial charge in [-0.2, -0.15) is 0 Å². The Kier molecular flexibility index (Phi) is 13.6. The highest BCUT2D eigenvalue weighted by molar-refractivity contribution is 4.81. The molecule has 0 heterocycles. The normalized spacial score (nSPS) is 15.2. The van der Waals surface area contributed by atoms with Gasteiger partial charge in [0.25, 0.3) is 0 Å². The lowest BCUT2D eigenvalue weighted by molar-refractivity contribution is -0.0120. The molecule has 6 nitrogen and oxygen atoms in total. The second-order valence-corrected chi connectivity index (χ2v) is 5.63. The van der Waals surface area contributed by atoms with Gasteiger partial charge in [-0.15, -0.1) is 0 Å². The minimum absolute atomic E-state index is 0.458. The standard InChI is InChI=1S/C15H31N3O3/c1-2-3-4-5-6-7-8-9-10-11-14(20)15(21)13(12-19)17-18-16/h13-15,19-21H,2-12H2,1H3/t13-,14+,15-/m0/s1. The van der Waals surface area contributed by atoms with Crippen molar-refractivity contribution in [2.24, 2.45) is 5.11 Å². The van der Waals surface area contributed by atoms with Crippen molar-refractivity contribution in [2.75, 3.05) is 6.61 Å². The summed E-state index contributed by atoms with van der Waals surface area (Å²) in [4.78, 5) is 2.56. The van der Waals surface area contributed by atoms with Crippen LogP contribution in [0.15, 0.2) is 5.11 Å². The molecule has 124 valence electrons. The van der Waals surface area contributed by atoms with Crippen molar-refractivity contribution in [3.63, 3.8) is 0 Å². The largest absolute Gasteiger partial charge is 0.396 e. The molecule has 0 radical (unpaired) electrons. The molecular formula is C15H31N3O3. The van der Waals surface area contributed by atoms with Crippen LogP contribution in [0.2, 0.25) is 0 Å². The second kappa shape index (κ2) is 14.1. The number of azide groups is 1. The van der Waals surface area contributed by atoms with Crippen LogP contribution in [0.5, 0.6) is 0 Å². The highest BCUT2D eigenvalue weighted by atomic mass is 16.3. The smallest absolute Gasteiger partial charge is 0.0905 e. The van der Waals surface area contributed by atoms with Gasteiger partial charge in [0.2, 0.25) is 0 Å². The van der Waals surface area contributed by atoms with Crippen LogP contribution in [0.4, 0.5) is 0 Å². The Morgan fingerprint density at radius 1 is 0.952 bits per heavy atom. The lowest BCUT2D eigenvalue weighted by Crippen LogP contribution is -2.38. The van der Waals surface area contributed by atoms with Gasteiger partial charge in [-0.25, -0.2) is 0 Å². The summed E-state index contributed by atoms with van der Waals surface area (Å²) in [5.74, 6) is 0. The molecule has 21 heavy (non-hydrogen) atoms. The molecule has 0 amide bonds. The Labute approximate surface area is 127 Å². The molecule has 0 saturated heterocycles. The van der Waals surface area contributed by atoms with Gasteiger partial charge >= 0.3 is 0 Å². The lowest BCUT2D eigenvalue weighted by Gasteiger charge is -2.21. The maximum absolute atomic E-state index is 9.80. The lowest BCUT2D eigenvalue weighted by atomic mass is 10.00. The Bertz CT molecular complexity index is 283. The number of rotatable bonds is 14. The van der Waals surface area contributed by atoms with Gasteiger partial charge in [0.15, 0.2) is 0 Å². The monoisotopic (exact) mass is 301 g/mol. The fourth-order valence-corrected chi connectivity index (χ4v) is 2.37. The summed E-state index contributed by atoms with van der Waals surface area (Å²) in [5.41, 5.74) is 8.30. The molecule has 0 rings (SSSR count). The predicted molar refractivity (Wildman–Crippen MR) is 83.9 cm³/mol. The first kappa shape index (κ1) is 20.2. The Balaban J connectivity index is 3.60. The molecule has 0 bridgehead atoms. The number of hydrogen-bond acceptors (Lipinski definition) is 4.